The first-order chi connectivity index (χ1) is 7.33. The molecule has 0 aromatic carbocycles. The molecule has 0 atom stereocenters. The highest BCUT2D eigenvalue weighted by Crippen LogP contribution is 1.96. The molecule has 5 heteroatoms. The van der Waals surface area contributed by atoms with Crippen LogP contribution in [0.1, 0.15) is 6.42 Å². The van der Waals surface area contributed by atoms with Crippen LogP contribution in [0.2, 0.25) is 0 Å². The van der Waals surface area contributed by atoms with Crippen molar-refractivity contribution in [1.29, 1.82) is 0 Å². The second-order valence-corrected chi connectivity index (χ2v) is 3.66. The van der Waals surface area contributed by atoms with Gasteiger partial charge in [-0.15, -0.1) is 0 Å². The summed E-state index contributed by atoms with van der Waals surface area (Å²) in [5.41, 5.74) is 0. The van der Waals surface area contributed by atoms with Crippen LogP contribution in [0.4, 0.5) is 0 Å². The number of morpholine rings is 1. The Balaban J connectivity index is 1.89. The highest BCUT2D eigenvalue weighted by Gasteiger charge is 2.08. The summed E-state index contributed by atoms with van der Waals surface area (Å²) < 4.78 is 5.26. The average Bonchev–Trinajstić information content (AvgIpc) is 2.29. The summed E-state index contributed by atoms with van der Waals surface area (Å²) in [6, 6.07) is 0. The van der Waals surface area contributed by atoms with Gasteiger partial charge in [0.2, 0.25) is 5.91 Å². The number of likely N-dealkylation sites (N-methyl/N-ethyl adjacent to an activating group) is 1. The van der Waals surface area contributed by atoms with Gasteiger partial charge in [-0.1, -0.05) is 0 Å². The Labute approximate surface area is 91.2 Å². The van der Waals surface area contributed by atoms with Crippen LogP contribution in [0.3, 0.4) is 0 Å². The maximum absolute atomic E-state index is 10.9. The van der Waals surface area contributed by atoms with Gasteiger partial charge in [-0.05, 0) is 19.5 Å². The minimum absolute atomic E-state index is 0.0429. The Morgan fingerprint density at radius 1 is 1.40 bits per heavy atom. The lowest BCUT2D eigenvalue weighted by molar-refractivity contribution is -0.119. The molecule has 0 aromatic heterocycles. The van der Waals surface area contributed by atoms with E-state index < -0.39 is 0 Å². The van der Waals surface area contributed by atoms with Gasteiger partial charge in [0, 0.05) is 20.1 Å². The van der Waals surface area contributed by atoms with Crippen molar-refractivity contribution in [2.75, 3.05) is 53.0 Å². The average molecular weight is 215 g/mol. The maximum atomic E-state index is 10.9. The normalized spacial score (nSPS) is 17.7. The van der Waals surface area contributed by atoms with Crippen LogP contribution in [-0.2, 0) is 9.53 Å². The van der Waals surface area contributed by atoms with E-state index in [0.717, 1.165) is 45.8 Å². The van der Waals surface area contributed by atoms with E-state index in [0.29, 0.717) is 6.54 Å². The van der Waals surface area contributed by atoms with E-state index in [-0.39, 0.29) is 5.91 Å². The van der Waals surface area contributed by atoms with Crippen molar-refractivity contribution in [3.63, 3.8) is 0 Å². The molecule has 15 heavy (non-hydrogen) atoms. The van der Waals surface area contributed by atoms with E-state index in [1.807, 2.05) is 0 Å². The van der Waals surface area contributed by atoms with E-state index >= 15 is 0 Å². The highest BCUT2D eigenvalue weighted by atomic mass is 16.5. The molecule has 1 heterocycles. The SMILES string of the molecule is CNC(=O)CNCCCN1CCOCC1. The first-order valence-corrected chi connectivity index (χ1v) is 5.54. The summed E-state index contributed by atoms with van der Waals surface area (Å²) in [4.78, 5) is 13.3. The number of hydrogen-bond acceptors (Lipinski definition) is 4. The van der Waals surface area contributed by atoms with Crippen LogP contribution < -0.4 is 10.6 Å². The molecule has 1 aliphatic heterocycles. The van der Waals surface area contributed by atoms with Crippen molar-refractivity contribution in [2.24, 2.45) is 0 Å². The zero-order valence-corrected chi connectivity index (χ0v) is 9.42. The number of carbonyl (C=O) groups is 1. The smallest absolute Gasteiger partial charge is 0.233 e. The van der Waals surface area contributed by atoms with Gasteiger partial charge in [-0.25, -0.2) is 0 Å². The van der Waals surface area contributed by atoms with Crippen molar-refractivity contribution >= 4 is 5.91 Å². The molecule has 2 N–H and O–H groups in total. The molecule has 0 unspecified atom stereocenters. The lowest BCUT2D eigenvalue weighted by Crippen LogP contribution is -2.38. The minimum atomic E-state index is 0.0429. The van der Waals surface area contributed by atoms with Crippen molar-refractivity contribution in [3.05, 3.63) is 0 Å². The summed E-state index contributed by atoms with van der Waals surface area (Å²) in [7, 11) is 1.65. The van der Waals surface area contributed by atoms with Crippen LogP contribution in [0.15, 0.2) is 0 Å². The molecule has 0 bridgehead atoms. The van der Waals surface area contributed by atoms with Gasteiger partial charge in [-0.2, -0.15) is 0 Å². The molecule has 0 aliphatic carbocycles. The van der Waals surface area contributed by atoms with E-state index in [9.17, 15) is 4.79 Å². The van der Waals surface area contributed by atoms with Crippen molar-refractivity contribution < 1.29 is 9.53 Å². The number of rotatable bonds is 6. The van der Waals surface area contributed by atoms with Crippen LogP contribution >= 0.6 is 0 Å². The third kappa shape index (κ3) is 5.71. The second-order valence-electron chi connectivity index (χ2n) is 3.66. The van der Waals surface area contributed by atoms with Crippen LogP contribution in [-0.4, -0.2) is 63.8 Å². The zero-order valence-electron chi connectivity index (χ0n) is 9.42. The molecule has 1 amide bonds. The quantitative estimate of drug-likeness (QED) is 0.561. The zero-order chi connectivity index (χ0) is 10.9. The van der Waals surface area contributed by atoms with E-state index in [1.54, 1.807) is 7.05 Å². The molecule has 0 spiro atoms. The number of nitrogens with one attached hydrogen (secondary N) is 2. The Bertz CT molecular complexity index is 182. The van der Waals surface area contributed by atoms with Gasteiger partial charge in [0.05, 0.1) is 19.8 Å². The molecule has 1 fully saturated rings. The molecule has 0 aromatic rings. The lowest BCUT2D eigenvalue weighted by Gasteiger charge is -2.26. The van der Waals surface area contributed by atoms with Crippen LogP contribution in [0.5, 0.6) is 0 Å². The van der Waals surface area contributed by atoms with Gasteiger partial charge in [0.15, 0.2) is 0 Å². The van der Waals surface area contributed by atoms with Crippen LogP contribution in [0, 0.1) is 0 Å². The molecule has 0 radical (unpaired) electrons. The summed E-state index contributed by atoms with van der Waals surface area (Å²) in [6.07, 6.45) is 1.08. The molecule has 5 nitrogen and oxygen atoms in total. The molecule has 1 rings (SSSR count). The predicted octanol–water partition coefficient (Wildman–Crippen LogP) is -0.956. The number of ether oxygens (including phenoxy) is 1. The number of amides is 1. The lowest BCUT2D eigenvalue weighted by atomic mass is 10.3. The predicted molar refractivity (Wildman–Crippen MR) is 58.8 cm³/mol. The second kappa shape index (κ2) is 7.62. The fraction of sp³-hybridized carbons (Fsp3) is 0.900. The Kier molecular flexibility index (Phi) is 6.31. The van der Waals surface area contributed by atoms with Crippen molar-refractivity contribution in [3.8, 4) is 0 Å². The van der Waals surface area contributed by atoms with E-state index in [2.05, 4.69) is 15.5 Å². The molecular formula is C10H21N3O2. The maximum Gasteiger partial charge on any atom is 0.233 e. The molecule has 1 aliphatic rings. The Hall–Kier alpha value is -0.650. The fourth-order valence-electron chi connectivity index (χ4n) is 1.54. The molecule has 1 saturated heterocycles. The summed E-state index contributed by atoms with van der Waals surface area (Å²) in [5.74, 6) is 0.0429. The van der Waals surface area contributed by atoms with Crippen LogP contribution in [0.25, 0.3) is 0 Å². The van der Waals surface area contributed by atoms with Crippen molar-refractivity contribution in [2.45, 2.75) is 6.42 Å². The fourth-order valence-corrected chi connectivity index (χ4v) is 1.54. The largest absolute Gasteiger partial charge is 0.379 e. The number of carbonyl (C=O) groups excluding carboxylic acids is 1. The number of nitrogens with zero attached hydrogens (tertiary/aromatic N) is 1. The monoisotopic (exact) mass is 215 g/mol. The standard InChI is InChI=1S/C10H21N3O2/c1-11-10(14)9-12-3-2-4-13-5-7-15-8-6-13/h12H,2-9H2,1H3,(H,11,14). The highest BCUT2D eigenvalue weighted by molar-refractivity contribution is 5.77. The first-order valence-electron chi connectivity index (χ1n) is 5.54. The Morgan fingerprint density at radius 2 is 2.13 bits per heavy atom. The topological polar surface area (TPSA) is 53.6 Å². The minimum Gasteiger partial charge on any atom is -0.379 e. The number of hydrogen-bond donors (Lipinski definition) is 2. The van der Waals surface area contributed by atoms with E-state index in [4.69, 9.17) is 4.74 Å². The van der Waals surface area contributed by atoms with Gasteiger partial charge >= 0.3 is 0 Å². The third-order valence-electron chi connectivity index (χ3n) is 2.50. The first kappa shape index (κ1) is 12.4. The van der Waals surface area contributed by atoms with Crippen molar-refractivity contribution in [1.82, 2.24) is 15.5 Å². The third-order valence-corrected chi connectivity index (χ3v) is 2.50. The van der Waals surface area contributed by atoms with Gasteiger partial charge in [-0.3, -0.25) is 9.69 Å². The Morgan fingerprint density at radius 3 is 2.80 bits per heavy atom. The molecule has 0 saturated carbocycles. The summed E-state index contributed by atoms with van der Waals surface area (Å²) >= 11 is 0. The molecule has 88 valence electrons. The van der Waals surface area contributed by atoms with Gasteiger partial charge < -0.3 is 15.4 Å². The molecular weight excluding hydrogens is 194 g/mol. The van der Waals surface area contributed by atoms with Gasteiger partial charge in [0.25, 0.3) is 0 Å². The van der Waals surface area contributed by atoms with E-state index in [1.165, 1.54) is 0 Å². The summed E-state index contributed by atoms with van der Waals surface area (Å²) in [5, 5.41) is 5.68. The van der Waals surface area contributed by atoms with Gasteiger partial charge in [0.1, 0.15) is 0 Å². The summed E-state index contributed by atoms with van der Waals surface area (Å²) in [6.45, 7) is 6.18.